The quantitative estimate of drug-likeness (QED) is 0.273. The van der Waals surface area contributed by atoms with E-state index in [0.29, 0.717) is 5.56 Å². The fraction of sp³-hybridized carbons (Fsp3) is 0.125. The van der Waals surface area contributed by atoms with Gasteiger partial charge in [-0.2, -0.15) is 5.26 Å². The van der Waals surface area contributed by atoms with E-state index in [4.69, 9.17) is 5.26 Å². The molecule has 4 heteroatoms. The SMILES string of the molecule is N#Cc1ccc(Cn2cncc2CCNC(c2ccccc2)(c2ccccc2)c2ccccc2)cc1. The number of nitrogens with one attached hydrogen (secondary N) is 1. The molecule has 0 aliphatic carbocycles. The summed E-state index contributed by atoms with van der Waals surface area (Å²) in [6.45, 7) is 1.49. The van der Waals surface area contributed by atoms with E-state index in [-0.39, 0.29) is 0 Å². The molecule has 1 aromatic heterocycles. The van der Waals surface area contributed by atoms with Crippen molar-refractivity contribution in [3.05, 3.63) is 161 Å². The zero-order valence-electron chi connectivity index (χ0n) is 20.1. The number of nitrogens with zero attached hydrogens (tertiary/aromatic N) is 3. The van der Waals surface area contributed by atoms with Crippen LogP contribution in [0.1, 0.15) is 33.5 Å². The van der Waals surface area contributed by atoms with Gasteiger partial charge in [0.25, 0.3) is 0 Å². The summed E-state index contributed by atoms with van der Waals surface area (Å²) >= 11 is 0. The molecule has 0 fully saturated rings. The minimum absolute atomic E-state index is 0.484. The number of rotatable bonds is 9. The van der Waals surface area contributed by atoms with Crippen molar-refractivity contribution in [2.75, 3.05) is 6.54 Å². The largest absolute Gasteiger partial charge is 0.330 e. The minimum atomic E-state index is -0.484. The Bertz CT molecular complexity index is 1320. The van der Waals surface area contributed by atoms with Crippen molar-refractivity contribution in [1.29, 1.82) is 5.26 Å². The molecule has 1 heterocycles. The lowest BCUT2D eigenvalue weighted by Crippen LogP contribution is -2.45. The summed E-state index contributed by atoms with van der Waals surface area (Å²) in [6, 6.07) is 41.9. The Kier molecular flexibility index (Phi) is 7.02. The van der Waals surface area contributed by atoms with Crippen LogP contribution in [0.4, 0.5) is 0 Å². The van der Waals surface area contributed by atoms with Crippen LogP contribution in [0.15, 0.2) is 128 Å². The van der Waals surface area contributed by atoms with Crippen LogP contribution >= 0.6 is 0 Å². The normalized spacial score (nSPS) is 11.2. The highest BCUT2D eigenvalue weighted by atomic mass is 15.1. The highest BCUT2D eigenvalue weighted by Crippen LogP contribution is 2.36. The van der Waals surface area contributed by atoms with Gasteiger partial charge in [-0.05, 0) is 34.4 Å². The lowest BCUT2D eigenvalue weighted by atomic mass is 9.77. The van der Waals surface area contributed by atoms with Crippen LogP contribution < -0.4 is 5.32 Å². The fourth-order valence-electron chi connectivity index (χ4n) is 4.83. The van der Waals surface area contributed by atoms with E-state index in [2.05, 4.69) is 112 Å². The second-order valence-electron chi connectivity index (χ2n) is 8.85. The summed E-state index contributed by atoms with van der Waals surface area (Å²) in [5, 5.41) is 13.0. The molecule has 4 nitrogen and oxygen atoms in total. The van der Waals surface area contributed by atoms with E-state index in [1.54, 1.807) is 0 Å². The van der Waals surface area contributed by atoms with Gasteiger partial charge in [0.1, 0.15) is 0 Å². The van der Waals surface area contributed by atoms with E-state index in [0.717, 1.165) is 30.8 Å². The van der Waals surface area contributed by atoms with Crippen LogP contribution in [0.5, 0.6) is 0 Å². The summed E-state index contributed by atoms with van der Waals surface area (Å²) in [4.78, 5) is 4.42. The molecular formula is C32H28N4. The Morgan fingerprint density at radius 3 is 1.75 bits per heavy atom. The predicted molar refractivity (Wildman–Crippen MR) is 143 cm³/mol. The molecule has 0 saturated carbocycles. The lowest BCUT2D eigenvalue weighted by Gasteiger charge is -2.37. The second kappa shape index (κ2) is 10.9. The van der Waals surface area contributed by atoms with E-state index >= 15 is 0 Å². The van der Waals surface area contributed by atoms with Gasteiger partial charge in [0.2, 0.25) is 0 Å². The lowest BCUT2D eigenvalue weighted by molar-refractivity contribution is 0.472. The first-order valence-electron chi connectivity index (χ1n) is 12.2. The third kappa shape index (κ3) is 4.84. The number of nitriles is 1. The van der Waals surface area contributed by atoms with E-state index < -0.39 is 5.54 Å². The van der Waals surface area contributed by atoms with Crippen molar-refractivity contribution in [1.82, 2.24) is 14.9 Å². The molecule has 0 amide bonds. The summed E-state index contributed by atoms with van der Waals surface area (Å²) < 4.78 is 2.18. The number of hydrogen-bond acceptors (Lipinski definition) is 3. The molecule has 4 aromatic carbocycles. The average Bonchev–Trinajstić information content (AvgIpc) is 3.39. The highest BCUT2D eigenvalue weighted by molar-refractivity contribution is 5.49. The van der Waals surface area contributed by atoms with Crippen molar-refractivity contribution in [3.8, 4) is 6.07 Å². The van der Waals surface area contributed by atoms with Crippen molar-refractivity contribution in [3.63, 3.8) is 0 Å². The van der Waals surface area contributed by atoms with Crippen LogP contribution in [-0.2, 0) is 18.5 Å². The summed E-state index contributed by atoms with van der Waals surface area (Å²) in [7, 11) is 0. The molecule has 36 heavy (non-hydrogen) atoms. The number of hydrogen-bond donors (Lipinski definition) is 1. The highest BCUT2D eigenvalue weighted by Gasteiger charge is 2.35. The molecule has 0 aliphatic heterocycles. The number of aromatic nitrogens is 2. The first-order chi connectivity index (χ1) is 17.8. The Morgan fingerprint density at radius 2 is 1.25 bits per heavy atom. The zero-order chi connectivity index (χ0) is 24.6. The van der Waals surface area contributed by atoms with Gasteiger partial charge >= 0.3 is 0 Å². The van der Waals surface area contributed by atoms with Crippen molar-refractivity contribution >= 4 is 0 Å². The summed E-state index contributed by atoms with van der Waals surface area (Å²) in [6.07, 6.45) is 4.65. The smallest absolute Gasteiger partial charge is 0.0991 e. The van der Waals surface area contributed by atoms with Gasteiger partial charge in [-0.15, -0.1) is 0 Å². The van der Waals surface area contributed by atoms with Crippen molar-refractivity contribution < 1.29 is 0 Å². The molecule has 5 aromatic rings. The van der Waals surface area contributed by atoms with E-state index in [1.807, 2.05) is 36.8 Å². The van der Waals surface area contributed by atoms with Gasteiger partial charge < -0.3 is 4.57 Å². The predicted octanol–water partition coefficient (Wildman–Crippen LogP) is 5.93. The van der Waals surface area contributed by atoms with Crippen LogP contribution in [-0.4, -0.2) is 16.1 Å². The van der Waals surface area contributed by atoms with Crippen molar-refractivity contribution in [2.45, 2.75) is 18.5 Å². The first kappa shape index (κ1) is 23.3. The Hall–Kier alpha value is -4.46. The van der Waals surface area contributed by atoms with Crippen LogP contribution in [0, 0.1) is 11.3 Å². The Labute approximate surface area is 212 Å². The molecular weight excluding hydrogens is 440 g/mol. The summed E-state index contributed by atoms with van der Waals surface area (Å²) in [5.41, 5.74) is 6.11. The molecule has 5 rings (SSSR count). The monoisotopic (exact) mass is 468 g/mol. The molecule has 0 radical (unpaired) electrons. The van der Waals surface area contributed by atoms with E-state index in [9.17, 15) is 0 Å². The maximum Gasteiger partial charge on any atom is 0.0991 e. The van der Waals surface area contributed by atoms with Gasteiger partial charge in [-0.3, -0.25) is 5.32 Å². The van der Waals surface area contributed by atoms with E-state index in [1.165, 1.54) is 16.7 Å². The third-order valence-electron chi connectivity index (χ3n) is 6.63. The number of benzene rings is 4. The second-order valence-corrected chi connectivity index (χ2v) is 8.85. The van der Waals surface area contributed by atoms with Crippen LogP contribution in [0.25, 0.3) is 0 Å². The van der Waals surface area contributed by atoms with Crippen LogP contribution in [0.3, 0.4) is 0 Å². The van der Waals surface area contributed by atoms with Gasteiger partial charge in [-0.25, -0.2) is 4.98 Å². The maximum atomic E-state index is 9.07. The Morgan fingerprint density at radius 1 is 0.722 bits per heavy atom. The zero-order valence-corrected chi connectivity index (χ0v) is 20.1. The van der Waals surface area contributed by atoms with Crippen LogP contribution in [0.2, 0.25) is 0 Å². The molecule has 0 atom stereocenters. The molecule has 0 saturated heterocycles. The van der Waals surface area contributed by atoms with Crippen molar-refractivity contribution in [2.24, 2.45) is 0 Å². The molecule has 0 aliphatic rings. The third-order valence-corrected chi connectivity index (χ3v) is 6.63. The number of imidazole rings is 1. The van der Waals surface area contributed by atoms with Gasteiger partial charge in [0, 0.05) is 31.4 Å². The molecule has 176 valence electrons. The fourth-order valence-corrected chi connectivity index (χ4v) is 4.83. The average molecular weight is 469 g/mol. The standard InChI is InChI=1S/C32H28N4/c33-22-26-16-18-27(19-17-26)24-36-25-34-23-31(36)20-21-35-32(28-10-4-1-5-11-28,29-12-6-2-7-13-29)30-14-8-3-9-15-30/h1-19,23,25,35H,20-21,24H2. The first-order valence-corrected chi connectivity index (χ1v) is 12.2. The summed E-state index contributed by atoms with van der Waals surface area (Å²) in [5.74, 6) is 0. The van der Waals surface area contributed by atoms with Gasteiger partial charge in [-0.1, -0.05) is 103 Å². The molecule has 0 bridgehead atoms. The minimum Gasteiger partial charge on any atom is -0.330 e. The topological polar surface area (TPSA) is 53.6 Å². The van der Waals surface area contributed by atoms with Gasteiger partial charge in [0.05, 0.1) is 23.5 Å². The molecule has 0 unspecified atom stereocenters. The molecule has 1 N–H and O–H groups in total. The Balaban J connectivity index is 1.44. The molecule has 0 spiro atoms. The van der Waals surface area contributed by atoms with Gasteiger partial charge in [0.15, 0.2) is 0 Å². The maximum absolute atomic E-state index is 9.07.